The summed E-state index contributed by atoms with van der Waals surface area (Å²) in [5.41, 5.74) is 3.01. The van der Waals surface area contributed by atoms with Crippen LogP contribution in [-0.2, 0) is 10.2 Å². The number of halogens is 1. The lowest BCUT2D eigenvalue weighted by Crippen LogP contribution is -2.49. The maximum absolute atomic E-state index is 13.9. The van der Waals surface area contributed by atoms with Gasteiger partial charge in [-0.3, -0.25) is 4.79 Å². The summed E-state index contributed by atoms with van der Waals surface area (Å²) >= 11 is 0. The third kappa shape index (κ3) is 4.83. The van der Waals surface area contributed by atoms with Crippen LogP contribution in [0.15, 0.2) is 48.5 Å². The van der Waals surface area contributed by atoms with Gasteiger partial charge in [0, 0.05) is 44.8 Å². The van der Waals surface area contributed by atoms with E-state index in [1.807, 2.05) is 28.0 Å². The minimum absolute atomic E-state index is 0.0522. The second kappa shape index (κ2) is 8.63. The highest BCUT2D eigenvalue weighted by molar-refractivity contribution is 5.77. The monoisotopic (exact) mass is 383 g/mol. The summed E-state index contributed by atoms with van der Waals surface area (Å²) in [4.78, 5) is 16.5. The van der Waals surface area contributed by atoms with E-state index in [4.69, 9.17) is 0 Å². The van der Waals surface area contributed by atoms with Crippen LogP contribution in [0.25, 0.3) is 0 Å². The average molecular weight is 384 g/mol. The van der Waals surface area contributed by atoms with Crippen LogP contribution < -0.4 is 10.2 Å². The van der Waals surface area contributed by atoms with Gasteiger partial charge in [-0.05, 0) is 29.2 Å². The third-order valence-electron chi connectivity index (χ3n) is 5.21. The Morgan fingerprint density at radius 2 is 1.64 bits per heavy atom. The molecule has 1 N–H and O–H groups in total. The fourth-order valence-electron chi connectivity index (χ4n) is 3.66. The van der Waals surface area contributed by atoms with E-state index in [-0.39, 0.29) is 17.1 Å². The molecule has 1 saturated heterocycles. The van der Waals surface area contributed by atoms with Crippen molar-refractivity contribution in [1.29, 1.82) is 0 Å². The Kier molecular flexibility index (Phi) is 6.22. The number of nitrogens with one attached hydrogen (secondary N) is 1. The van der Waals surface area contributed by atoms with Crippen molar-refractivity contribution in [1.82, 2.24) is 4.90 Å². The van der Waals surface area contributed by atoms with Crippen molar-refractivity contribution in [3.05, 3.63) is 59.9 Å². The van der Waals surface area contributed by atoms with Gasteiger partial charge in [0.1, 0.15) is 5.82 Å². The van der Waals surface area contributed by atoms with Crippen molar-refractivity contribution < 1.29 is 9.18 Å². The maximum atomic E-state index is 13.9. The Labute approximate surface area is 167 Å². The van der Waals surface area contributed by atoms with E-state index in [1.54, 1.807) is 12.1 Å². The van der Waals surface area contributed by atoms with Gasteiger partial charge in [0.15, 0.2) is 0 Å². The van der Waals surface area contributed by atoms with Crippen LogP contribution in [0, 0.1) is 5.82 Å². The van der Waals surface area contributed by atoms with Crippen molar-refractivity contribution in [2.75, 3.05) is 42.9 Å². The third-order valence-corrected chi connectivity index (χ3v) is 5.21. The average Bonchev–Trinajstić information content (AvgIpc) is 2.68. The number of carbonyl (C=O) groups excluding carboxylic acids is 1. The number of hydrogen-bond donors (Lipinski definition) is 1. The van der Waals surface area contributed by atoms with Gasteiger partial charge in [-0.15, -0.1) is 0 Å². The summed E-state index contributed by atoms with van der Waals surface area (Å²) in [7, 11) is 0. The van der Waals surface area contributed by atoms with Crippen LogP contribution in [0.1, 0.15) is 32.8 Å². The molecular weight excluding hydrogens is 353 g/mol. The molecule has 150 valence electrons. The molecule has 0 spiro atoms. The molecule has 2 aromatic rings. The molecule has 0 atom stereocenters. The Morgan fingerprint density at radius 1 is 1.00 bits per heavy atom. The van der Waals surface area contributed by atoms with Crippen LogP contribution in [0.4, 0.5) is 15.8 Å². The number of piperazine rings is 1. The summed E-state index contributed by atoms with van der Waals surface area (Å²) < 4.78 is 13.9. The highest BCUT2D eigenvalue weighted by Gasteiger charge is 2.22. The van der Waals surface area contributed by atoms with E-state index in [0.717, 1.165) is 5.69 Å². The first-order chi connectivity index (χ1) is 13.4. The number of para-hydroxylation sites is 2. The first kappa shape index (κ1) is 20.2. The van der Waals surface area contributed by atoms with Gasteiger partial charge in [0.25, 0.3) is 0 Å². The number of hydrogen-bond acceptors (Lipinski definition) is 3. The van der Waals surface area contributed by atoms with Gasteiger partial charge in [-0.2, -0.15) is 0 Å². The van der Waals surface area contributed by atoms with E-state index < -0.39 is 0 Å². The first-order valence-corrected chi connectivity index (χ1v) is 9.97. The lowest BCUT2D eigenvalue weighted by Gasteiger charge is -2.36. The Balaban J connectivity index is 1.49. The number of amides is 1. The molecule has 5 heteroatoms. The predicted octanol–water partition coefficient (Wildman–Crippen LogP) is 4.27. The zero-order valence-corrected chi connectivity index (χ0v) is 17.0. The smallest absolute Gasteiger partial charge is 0.224 e. The topological polar surface area (TPSA) is 35.6 Å². The van der Waals surface area contributed by atoms with Crippen LogP contribution in [0.2, 0.25) is 0 Å². The maximum Gasteiger partial charge on any atom is 0.224 e. The number of benzene rings is 2. The number of rotatable bonds is 5. The van der Waals surface area contributed by atoms with E-state index in [0.29, 0.717) is 44.8 Å². The summed E-state index contributed by atoms with van der Waals surface area (Å²) in [6.45, 7) is 9.76. The van der Waals surface area contributed by atoms with Gasteiger partial charge < -0.3 is 15.1 Å². The molecule has 0 saturated carbocycles. The van der Waals surface area contributed by atoms with Crippen molar-refractivity contribution in [3.8, 4) is 0 Å². The van der Waals surface area contributed by atoms with E-state index in [2.05, 4.69) is 38.2 Å². The van der Waals surface area contributed by atoms with Crippen molar-refractivity contribution >= 4 is 17.3 Å². The Bertz CT molecular complexity index is 807. The molecular formula is C23H30FN3O. The zero-order valence-electron chi connectivity index (χ0n) is 17.0. The van der Waals surface area contributed by atoms with Gasteiger partial charge in [0.2, 0.25) is 5.91 Å². The summed E-state index contributed by atoms with van der Waals surface area (Å²) in [6.07, 6.45) is 0.457. The van der Waals surface area contributed by atoms with Crippen molar-refractivity contribution in [2.24, 2.45) is 0 Å². The molecule has 1 aliphatic rings. The van der Waals surface area contributed by atoms with Crippen LogP contribution in [0.3, 0.4) is 0 Å². The van der Waals surface area contributed by atoms with Crippen molar-refractivity contribution in [3.63, 3.8) is 0 Å². The molecule has 0 radical (unpaired) electrons. The SMILES string of the molecule is CC(C)(C)c1ccccc1NCCC(=O)N1CCN(c2ccccc2F)CC1. The van der Waals surface area contributed by atoms with E-state index in [1.165, 1.54) is 11.6 Å². The fraction of sp³-hybridized carbons (Fsp3) is 0.435. The number of carbonyl (C=O) groups is 1. The van der Waals surface area contributed by atoms with Crippen LogP contribution in [0.5, 0.6) is 0 Å². The van der Waals surface area contributed by atoms with E-state index in [9.17, 15) is 9.18 Å². The predicted molar refractivity (Wildman–Crippen MR) is 113 cm³/mol. The highest BCUT2D eigenvalue weighted by Crippen LogP contribution is 2.29. The molecule has 0 aliphatic carbocycles. The summed E-state index contributed by atoms with van der Waals surface area (Å²) in [5.74, 6) is -0.0575. The molecule has 0 aromatic heterocycles. The molecule has 28 heavy (non-hydrogen) atoms. The van der Waals surface area contributed by atoms with Crippen LogP contribution >= 0.6 is 0 Å². The summed E-state index contributed by atoms with van der Waals surface area (Å²) in [6, 6.07) is 15.1. The normalized spacial score (nSPS) is 14.9. The Morgan fingerprint density at radius 3 is 2.32 bits per heavy atom. The summed E-state index contributed by atoms with van der Waals surface area (Å²) in [5, 5.41) is 3.42. The Hall–Kier alpha value is -2.56. The lowest BCUT2D eigenvalue weighted by molar-refractivity contribution is -0.131. The standard InChI is InChI=1S/C23H30FN3O/c1-23(2,3)18-8-4-6-10-20(18)25-13-12-22(28)27-16-14-26(15-17-27)21-11-7-5-9-19(21)24/h4-11,25H,12-17H2,1-3H3. The van der Waals surface area contributed by atoms with Gasteiger partial charge in [0.05, 0.1) is 5.69 Å². The molecule has 0 unspecified atom stereocenters. The minimum atomic E-state index is -0.205. The first-order valence-electron chi connectivity index (χ1n) is 9.97. The van der Waals surface area contributed by atoms with Gasteiger partial charge in [-0.1, -0.05) is 51.1 Å². The molecule has 4 nitrogen and oxygen atoms in total. The highest BCUT2D eigenvalue weighted by atomic mass is 19.1. The molecule has 1 fully saturated rings. The zero-order chi connectivity index (χ0) is 20.1. The van der Waals surface area contributed by atoms with Gasteiger partial charge >= 0.3 is 0 Å². The van der Waals surface area contributed by atoms with Crippen LogP contribution in [-0.4, -0.2) is 43.5 Å². The molecule has 2 aromatic carbocycles. The number of anilines is 2. The quantitative estimate of drug-likeness (QED) is 0.837. The molecule has 1 aliphatic heterocycles. The molecule has 0 bridgehead atoms. The largest absolute Gasteiger partial charge is 0.384 e. The molecule has 1 heterocycles. The fourth-order valence-corrected chi connectivity index (χ4v) is 3.66. The second-order valence-electron chi connectivity index (χ2n) is 8.29. The van der Waals surface area contributed by atoms with Gasteiger partial charge in [-0.25, -0.2) is 4.39 Å². The van der Waals surface area contributed by atoms with E-state index >= 15 is 0 Å². The van der Waals surface area contributed by atoms with Crippen molar-refractivity contribution in [2.45, 2.75) is 32.6 Å². The minimum Gasteiger partial charge on any atom is -0.384 e. The lowest BCUT2D eigenvalue weighted by atomic mass is 9.86. The second-order valence-corrected chi connectivity index (χ2v) is 8.29. The molecule has 1 amide bonds. The molecule has 3 rings (SSSR count). The number of nitrogens with zero attached hydrogens (tertiary/aromatic N) is 2.